The summed E-state index contributed by atoms with van der Waals surface area (Å²) in [5.41, 5.74) is 5.79. The molecule has 8 heteroatoms. The summed E-state index contributed by atoms with van der Waals surface area (Å²) in [5, 5.41) is 15.0. The molecule has 0 radical (unpaired) electrons. The number of hydrogen-bond donors (Lipinski definition) is 0. The van der Waals surface area contributed by atoms with E-state index in [0.29, 0.717) is 17.5 Å². The minimum atomic E-state index is -0.444. The Morgan fingerprint density at radius 3 is 1.29 bits per heavy atom. The van der Waals surface area contributed by atoms with Crippen LogP contribution < -0.4 is 0 Å². The highest BCUT2D eigenvalue weighted by atomic mass is 16.1. The summed E-state index contributed by atoms with van der Waals surface area (Å²) in [5.74, 6) is 1.24. The summed E-state index contributed by atoms with van der Waals surface area (Å²) in [6.07, 6.45) is 0. The zero-order valence-electron chi connectivity index (χ0n) is 22.8. The fourth-order valence-corrected chi connectivity index (χ4v) is 4.16. The van der Waals surface area contributed by atoms with Crippen LogP contribution in [0.3, 0.4) is 0 Å². The van der Waals surface area contributed by atoms with Gasteiger partial charge < -0.3 is 0 Å². The van der Waals surface area contributed by atoms with E-state index in [4.69, 9.17) is 15.3 Å². The summed E-state index contributed by atoms with van der Waals surface area (Å²) in [6, 6.07) is 6.33. The fraction of sp³-hybridized carbons (Fsp3) is 0.615. The van der Waals surface area contributed by atoms with Gasteiger partial charge in [-0.1, -0.05) is 69.2 Å². The second kappa shape index (κ2) is 9.92. The Hall–Kier alpha value is -2.64. The molecule has 184 valence electrons. The molecule has 0 amide bonds. The number of rotatable bonds is 9. The van der Waals surface area contributed by atoms with Gasteiger partial charge in [0, 0.05) is 24.0 Å². The van der Waals surface area contributed by atoms with E-state index in [2.05, 4.69) is 90.6 Å². The van der Waals surface area contributed by atoms with Gasteiger partial charge in [0.25, 0.3) is 0 Å². The van der Waals surface area contributed by atoms with Gasteiger partial charge in [-0.25, -0.2) is 0 Å². The van der Waals surface area contributed by atoms with Crippen LogP contribution in [0.5, 0.6) is 0 Å². The molecule has 0 aromatic carbocycles. The average Bonchev–Trinajstić information content (AvgIpc) is 3.45. The maximum Gasteiger partial charge on any atom is 0.569 e. The second-order valence-electron chi connectivity index (χ2n) is 11.0. The molecule has 3 rings (SSSR count). The number of carbonyl (C=O) groups excluding carboxylic acids is 1. The molecule has 0 aliphatic rings. The number of carbonyl (C=O) groups is 1. The lowest BCUT2D eigenvalue weighted by Crippen LogP contribution is -2.47. The second-order valence-corrected chi connectivity index (χ2v) is 11.0. The Balaban J connectivity index is 2.43. The Morgan fingerprint density at radius 1 is 0.618 bits per heavy atom. The monoisotopic (exact) mass is 464 g/mol. The van der Waals surface area contributed by atoms with Crippen molar-refractivity contribution in [3.63, 3.8) is 0 Å². The normalized spacial score (nSPS) is 12.2. The van der Waals surface area contributed by atoms with Gasteiger partial charge in [0.2, 0.25) is 0 Å². The molecule has 7 nitrogen and oxygen atoms in total. The summed E-state index contributed by atoms with van der Waals surface area (Å²) < 4.78 is 6.12. The Morgan fingerprint density at radius 2 is 0.971 bits per heavy atom. The highest BCUT2D eigenvalue weighted by molar-refractivity contribution is 6.53. The van der Waals surface area contributed by atoms with Crippen molar-refractivity contribution in [1.29, 1.82) is 0 Å². The lowest BCUT2D eigenvalue weighted by atomic mass is 9.89. The average molecular weight is 464 g/mol. The maximum absolute atomic E-state index is 12.3. The van der Waals surface area contributed by atoms with Crippen LogP contribution in [0.2, 0.25) is 0 Å². The third-order valence-electron chi connectivity index (χ3n) is 6.31. The molecule has 0 spiro atoms. The van der Waals surface area contributed by atoms with E-state index >= 15 is 0 Å². The van der Waals surface area contributed by atoms with E-state index < -0.39 is 7.12 Å². The van der Waals surface area contributed by atoms with Crippen LogP contribution >= 0.6 is 0 Å². The van der Waals surface area contributed by atoms with E-state index in [1.807, 2.05) is 10.7 Å². The molecule has 0 bridgehead atoms. The van der Waals surface area contributed by atoms with Crippen molar-refractivity contribution >= 4 is 12.9 Å². The van der Waals surface area contributed by atoms with E-state index in [-0.39, 0.29) is 23.5 Å². The lowest BCUT2D eigenvalue weighted by molar-refractivity contribution is 0.101. The summed E-state index contributed by atoms with van der Waals surface area (Å²) in [7, 11) is -0.444. The van der Waals surface area contributed by atoms with Crippen molar-refractivity contribution < 1.29 is 4.79 Å². The van der Waals surface area contributed by atoms with Gasteiger partial charge in [-0.15, -0.1) is 0 Å². The first-order valence-corrected chi connectivity index (χ1v) is 12.6. The highest BCUT2D eigenvalue weighted by Gasteiger charge is 2.37. The molecular weight excluding hydrogens is 423 g/mol. The van der Waals surface area contributed by atoms with Gasteiger partial charge in [-0.3, -0.25) is 18.6 Å². The molecule has 0 fully saturated rings. The first-order chi connectivity index (χ1) is 15.8. The number of Topliss-reactive ketones (excluding diaryl/α,β-unsaturated/α-hetero) is 1. The van der Waals surface area contributed by atoms with Crippen molar-refractivity contribution in [2.45, 2.75) is 106 Å². The maximum atomic E-state index is 12.3. The summed E-state index contributed by atoms with van der Waals surface area (Å²) >= 11 is 0. The molecule has 3 aromatic rings. The lowest BCUT2D eigenvalue weighted by Gasteiger charge is -2.23. The van der Waals surface area contributed by atoms with E-state index in [1.165, 1.54) is 0 Å². The van der Waals surface area contributed by atoms with Gasteiger partial charge in [-0.2, -0.15) is 15.3 Å². The molecule has 3 heterocycles. The van der Waals surface area contributed by atoms with Crippen LogP contribution in [0.15, 0.2) is 18.2 Å². The van der Waals surface area contributed by atoms with Crippen molar-refractivity contribution in [3.05, 3.63) is 52.4 Å². The molecule has 0 atom stereocenters. The molecule has 0 aliphatic carbocycles. The smallest absolute Gasteiger partial charge is 0.293 e. The fourth-order valence-electron chi connectivity index (χ4n) is 4.16. The van der Waals surface area contributed by atoms with Gasteiger partial charge >= 0.3 is 7.12 Å². The van der Waals surface area contributed by atoms with Crippen molar-refractivity contribution in [2.24, 2.45) is 0 Å². The molecule has 0 unspecified atom stereocenters. The van der Waals surface area contributed by atoms with E-state index in [9.17, 15) is 4.79 Å². The minimum absolute atomic E-state index is 0.0424. The van der Waals surface area contributed by atoms with Crippen LogP contribution in [0.4, 0.5) is 0 Å². The van der Waals surface area contributed by atoms with Crippen LogP contribution in [0.1, 0.15) is 145 Å². The molecule has 0 aliphatic heterocycles. The molecular formula is C26H41BN6O. The van der Waals surface area contributed by atoms with Crippen molar-refractivity contribution in [2.75, 3.05) is 0 Å². The molecule has 3 aromatic heterocycles. The van der Waals surface area contributed by atoms with Crippen molar-refractivity contribution in [1.82, 2.24) is 29.1 Å². The number of ketones is 1. The highest BCUT2D eigenvalue weighted by Crippen LogP contribution is 2.27. The first kappa shape index (κ1) is 26.0. The number of nitrogens with zero attached hydrogens (tertiary/aromatic N) is 6. The van der Waals surface area contributed by atoms with Crippen LogP contribution in [-0.2, 0) is 0 Å². The van der Waals surface area contributed by atoms with Crippen LogP contribution in [0.25, 0.3) is 0 Å². The standard InChI is InChI=1S/C26H41BN6O/c1-15(2)21-12-24(17(5)6)31(28-21)27(32-25(18(7)8)13-22(29-32)16(3)4)33-26(19(9)10)14-23(30-33)20(11)34/h12-19H,1-11H3. The third kappa shape index (κ3) is 4.91. The zero-order chi connectivity index (χ0) is 25.5. The predicted molar refractivity (Wildman–Crippen MR) is 139 cm³/mol. The number of hydrogen-bond acceptors (Lipinski definition) is 4. The van der Waals surface area contributed by atoms with Crippen LogP contribution in [0, 0.1) is 0 Å². The molecule has 0 N–H and O–H groups in total. The first-order valence-electron chi connectivity index (χ1n) is 12.6. The Bertz CT molecular complexity index is 1090. The van der Waals surface area contributed by atoms with Gasteiger partial charge in [0.15, 0.2) is 5.78 Å². The van der Waals surface area contributed by atoms with Crippen LogP contribution in [-0.4, -0.2) is 42.0 Å². The Labute approximate surface area is 205 Å². The zero-order valence-corrected chi connectivity index (χ0v) is 22.8. The molecule has 0 saturated heterocycles. The predicted octanol–water partition coefficient (Wildman–Crippen LogP) is 6.03. The topological polar surface area (TPSA) is 70.5 Å². The molecule has 34 heavy (non-hydrogen) atoms. The number of aromatic nitrogens is 6. The van der Waals surface area contributed by atoms with Gasteiger partial charge in [0.1, 0.15) is 5.69 Å². The quantitative estimate of drug-likeness (QED) is 0.287. The summed E-state index contributed by atoms with van der Waals surface area (Å²) in [6.45, 7) is 23.2. The van der Waals surface area contributed by atoms with Gasteiger partial charge in [0.05, 0.1) is 11.4 Å². The third-order valence-corrected chi connectivity index (χ3v) is 6.31. The SMILES string of the molecule is CC(=O)c1cc(C(C)C)n(B(n2nc(C(C)C)cc2C(C)C)n2nc(C(C)C)cc2C(C)C)n1. The summed E-state index contributed by atoms with van der Waals surface area (Å²) in [4.78, 5) is 12.3. The minimum Gasteiger partial charge on any atom is -0.293 e. The van der Waals surface area contributed by atoms with Crippen molar-refractivity contribution in [3.8, 4) is 0 Å². The Kier molecular flexibility index (Phi) is 7.58. The van der Waals surface area contributed by atoms with E-state index in [0.717, 1.165) is 28.5 Å². The molecule has 0 saturated carbocycles. The van der Waals surface area contributed by atoms with Gasteiger partial charge in [-0.05, 0) is 47.8 Å². The largest absolute Gasteiger partial charge is 0.569 e. The van der Waals surface area contributed by atoms with E-state index in [1.54, 1.807) is 6.92 Å².